The summed E-state index contributed by atoms with van der Waals surface area (Å²) >= 11 is 0. The average Bonchev–Trinajstić information content (AvgIpc) is 3.13. The second-order valence-electron chi connectivity index (χ2n) is 10.0. The number of nitrogens with zero attached hydrogens (tertiary/aromatic N) is 3. The Kier molecular flexibility index (Phi) is 6.79. The third-order valence-corrected chi connectivity index (χ3v) is 8.48. The summed E-state index contributed by atoms with van der Waals surface area (Å²) < 4.78 is 33.6. The van der Waals surface area contributed by atoms with E-state index in [2.05, 4.69) is 9.97 Å². The lowest BCUT2D eigenvalue weighted by Crippen LogP contribution is -2.41. The fourth-order valence-electron chi connectivity index (χ4n) is 4.25. The largest absolute Gasteiger partial charge is 0.497 e. The summed E-state index contributed by atoms with van der Waals surface area (Å²) in [6, 6.07) is 21.3. The first-order valence-electron chi connectivity index (χ1n) is 12.2. The molecule has 1 fully saturated rings. The summed E-state index contributed by atoms with van der Waals surface area (Å²) in [5, 5.41) is 1.97. The van der Waals surface area contributed by atoms with Gasteiger partial charge in [0, 0.05) is 6.20 Å². The SMILES string of the molecule is COc1ccc(CN(c2ccncn2)S(=O)c2ccc3c(B4OC(C)(C)C(C)(C)O4)cccc3c2)cc1. The van der Waals surface area contributed by atoms with E-state index in [1.807, 2.05) is 88.4 Å². The quantitative estimate of drug-likeness (QED) is 0.333. The number of rotatable bonds is 7. The van der Waals surface area contributed by atoms with Crippen LogP contribution in [0.4, 0.5) is 5.82 Å². The van der Waals surface area contributed by atoms with E-state index in [-0.39, 0.29) is 0 Å². The number of methoxy groups -OCH3 is 1. The molecule has 1 atom stereocenters. The van der Waals surface area contributed by atoms with Crippen molar-refractivity contribution in [1.29, 1.82) is 0 Å². The number of hydrogen-bond donors (Lipinski definition) is 0. The first-order chi connectivity index (χ1) is 17.7. The first kappa shape index (κ1) is 25.4. The molecular weight excluding hydrogens is 485 g/mol. The highest BCUT2D eigenvalue weighted by molar-refractivity contribution is 7.86. The maximum Gasteiger partial charge on any atom is 0.495 e. The van der Waals surface area contributed by atoms with Crippen molar-refractivity contribution in [2.75, 3.05) is 11.4 Å². The Hall–Kier alpha value is -3.27. The zero-order valence-corrected chi connectivity index (χ0v) is 22.5. The van der Waals surface area contributed by atoms with Gasteiger partial charge in [-0.25, -0.2) is 14.2 Å². The van der Waals surface area contributed by atoms with Gasteiger partial charge in [0.2, 0.25) is 0 Å². The normalized spacial score (nSPS) is 17.1. The van der Waals surface area contributed by atoms with Crippen LogP contribution >= 0.6 is 0 Å². The fraction of sp³-hybridized carbons (Fsp3) is 0.286. The molecule has 0 aliphatic carbocycles. The summed E-state index contributed by atoms with van der Waals surface area (Å²) in [7, 11) is -0.360. The third-order valence-electron chi connectivity index (χ3n) is 7.10. The maximum absolute atomic E-state index is 13.9. The predicted octanol–water partition coefficient (Wildman–Crippen LogP) is 4.67. The third kappa shape index (κ3) is 4.99. The highest BCUT2D eigenvalue weighted by atomic mass is 32.2. The van der Waals surface area contributed by atoms with Crippen molar-refractivity contribution in [2.45, 2.75) is 50.3 Å². The van der Waals surface area contributed by atoms with Crippen LogP contribution in [0.2, 0.25) is 0 Å². The van der Waals surface area contributed by atoms with Gasteiger partial charge in [-0.15, -0.1) is 0 Å². The standard InChI is InChI=1S/C28H30BN3O4S/c1-27(2)28(3,4)36-29(35-27)25-8-6-7-21-17-23(13-14-24(21)25)37(33)32(26-15-16-30-19-31-26)18-20-9-11-22(34-5)12-10-20/h6-17,19H,18H2,1-5H3. The molecular formula is C28H30BN3O4S. The molecule has 1 unspecified atom stereocenters. The van der Waals surface area contributed by atoms with E-state index in [4.69, 9.17) is 14.0 Å². The van der Waals surface area contributed by atoms with Crippen molar-refractivity contribution in [3.8, 4) is 5.75 Å². The van der Waals surface area contributed by atoms with Gasteiger partial charge in [-0.1, -0.05) is 36.4 Å². The second-order valence-corrected chi connectivity index (χ2v) is 11.4. The Morgan fingerprint density at radius 3 is 2.35 bits per heavy atom. The molecule has 0 radical (unpaired) electrons. The molecule has 0 spiro atoms. The number of hydrogen-bond acceptors (Lipinski definition) is 6. The van der Waals surface area contributed by atoms with E-state index in [0.717, 1.165) is 27.5 Å². The Balaban J connectivity index is 1.48. The summed E-state index contributed by atoms with van der Waals surface area (Å²) in [6.45, 7) is 8.58. The van der Waals surface area contributed by atoms with Crippen LogP contribution in [0, 0.1) is 0 Å². The van der Waals surface area contributed by atoms with Crippen LogP contribution in [0.15, 0.2) is 84.1 Å². The van der Waals surface area contributed by atoms with Gasteiger partial charge in [-0.2, -0.15) is 0 Å². The Morgan fingerprint density at radius 1 is 0.973 bits per heavy atom. The van der Waals surface area contributed by atoms with Gasteiger partial charge in [0.25, 0.3) is 0 Å². The number of ether oxygens (including phenoxy) is 1. The average molecular weight is 515 g/mol. The zero-order chi connectivity index (χ0) is 26.2. The van der Waals surface area contributed by atoms with Crippen LogP contribution in [-0.4, -0.2) is 39.6 Å². The van der Waals surface area contributed by atoms with Crippen LogP contribution in [0.25, 0.3) is 10.8 Å². The number of benzene rings is 3. The minimum Gasteiger partial charge on any atom is -0.497 e. The van der Waals surface area contributed by atoms with Crippen molar-refractivity contribution in [3.05, 3.63) is 84.8 Å². The van der Waals surface area contributed by atoms with Gasteiger partial charge in [-0.05, 0) is 79.8 Å². The molecule has 0 saturated carbocycles. The van der Waals surface area contributed by atoms with Gasteiger partial charge >= 0.3 is 7.12 Å². The van der Waals surface area contributed by atoms with Crippen molar-refractivity contribution >= 4 is 40.2 Å². The fourth-order valence-corrected chi connectivity index (χ4v) is 5.46. The summed E-state index contributed by atoms with van der Waals surface area (Å²) in [5.41, 5.74) is 1.08. The maximum atomic E-state index is 13.9. The second kappa shape index (κ2) is 9.89. The molecule has 0 amide bonds. The smallest absolute Gasteiger partial charge is 0.495 e. The van der Waals surface area contributed by atoms with Gasteiger partial charge in [0.1, 0.15) is 17.9 Å². The van der Waals surface area contributed by atoms with E-state index in [1.54, 1.807) is 23.7 Å². The highest BCUT2D eigenvalue weighted by Crippen LogP contribution is 2.37. The van der Waals surface area contributed by atoms with E-state index in [9.17, 15) is 4.21 Å². The molecule has 0 bridgehead atoms. The highest BCUT2D eigenvalue weighted by Gasteiger charge is 2.52. The molecule has 190 valence electrons. The predicted molar refractivity (Wildman–Crippen MR) is 147 cm³/mol. The van der Waals surface area contributed by atoms with Crippen LogP contribution in [0.3, 0.4) is 0 Å². The minimum atomic E-state index is -1.52. The molecule has 37 heavy (non-hydrogen) atoms. The molecule has 0 N–H and O–H groups in total. The Labute approximate surface area is 220 Å². The van der Waals surface area contributed by atoms with Gasteiger partial charge < -0.3 is 14.0 Å². The molecule has 1 saturated heterocycles. The molecule has 2 heterocycles. The summed E-state index contributed by atoms with van der Waals surface area (Å²) in [4.78, 5) is 9.07. The minimum absolute atomic E-state index is 0.402. The molecule has 7 nitrogen and oxygen atoms in total. The van der Waals surface area contributed by atoms with Crippen molar-refractivity contribution < 1.29 is 18.3 Å². The summed E-state index contributed by atoms with van der Waals surface area (Å²) in [5.74, 6) is 1.35. The number of fused-ring (bicyclic) bond motifs is 1. The molecule has 1 aromatic heterocycles. The van der Waals surface area contributed by atoms with Gasteiger partial charge in [-0.3, -0.25) is 4.31 Å². The topological polar surface area (TPSA) is 73.8 Å². The van der Waals surface area contributed by atoms with Gasteiger partial charge in [0.05, 0.1) is 29.8 Å². The monoisotopic (exact) mass is 515 g/mol. The number of anilines is 1. The number of aromatic nitrogens is 2. The molecule has 1 aliphatic heterocycles. The van der Waals surface area contributed by atoms with E-state index in [0.29, 0.717) is 17.3 Å². The Morgan fingerprint density at radius 2 is 1.70 bits per heavy atom. The Bertz CT molecular complexity index is 1410. The summed E-state index contributed by atoms with van der Waals surface area (Å²) in [6.07, 6.45) is 3.11. The van der Waals surface area contributed by atoms with Crippen molar-refractivity contribution in [2.24, 2.45) is 0 Å². The van der Waals surface area contributed by atoms with Crippen LogP contribution < -0.4 is 14.5 Å². The lowest BCUT2D eigenvalue weighted by molar-refractivity contribution is 0.00578. The first-order valence-corrected chi connectivity index (χ1v) is 13.3. The van der Waals surface area contributed by atoms with E-state index < -0.39 is 29.3 Å². The molecule has 4 aromatic rings. The van der Waals surface area contributed by atoms with Crippen LogP contribution in [0.1, 0.15) is 33.3 Å². The molecule has 9 heteroatoms. The van der Waals surface area contributed by atoms with Crippen molar-refractivity contribution in [3.63, 3.8) is 0 Å². The van der Waals surface area contributed by atoms with Gasteiger partial charge in [0.15, 0.2) is 11.0 Å². The molecule has 1 aliphatic rings. The molecule has 3 aromatic carbocycles. The molecule has 5 rings (SSSR count). The zero-order valence-electron chi connectivity index (χ0n) is 21.7. The lowest BCUT2D eigenvalue weighted by atomic mass is 9.76. The van der Waals surface area contributed by atoms with Crippen molar-refractivity contribution in [1.82, 2.24) is 9.97 Å². The lowest BCUT2D eigenvalue weighted by Gasteiger charge is -2.32. The van der Waals surface area contributed by atoms with E-state index in [1.165, 1.54) is 6.33 Å². The van der Waals surface area contributed by atoms with Crippen LogP contribution in [-0.2, 0) is 26.8 Å². The van der Waals surface area contributed by atoms with E-state index >= 15 is 0 Å². The van der Waals surface area contributed by atoms with Crippen LogP contribution in [0.5, 0.6) is 5.75 Å².